The highest BCUT2D eigenvalue weighted by molar-refractivity contribution is 7.91. The molecule has 1 saturated heterocycles. The third-order valence-electron chi connectivity index (χ3n) is 7.35. The van der Waals surface area contributed by atoms with Gasteiger partial charge >= 0.3 is 12.3 Å². The minimum atomic E-state index is -4.78. The van der Waals surface area contributed by atoms with Gasteiger partial charge in [-0.25, -0.2) is 8.42 Å². The molecule has 0 bridgehead atoms. The molecule has 1 aromatic heterocycles. The van der Waals surface area contributed by atoms with Gasteiger partial charge in [0.05, 0.1) is 42.4 Å². The van der Waals surface area contributed by atoms with Crippen LogP contribution in [0.25, 0.3) is 11.4 Å². The molecule has 246 valence electrons. The second-order valence-corrected chi connectivity index (χ2v) is 12.5. The molecule has 0 N–H and O–H groups in total. The topological polar surface area (TPSA) is 135 Å². The minimum absolute atomic E-state index is 0.0951. The van der Waals surface area contributed by atoms with E-state index in [1.54, 1.807) is 26.2 Å². The molecular formula is C29H36F3N5O7S. The van der Waals surface area contributed by atoms with Crippen molar-refractivity contribution < 1.29 is 45.3 Å². The molecule has 45 heavy (non-hydrogen) atoms. The van der Waals surface area contributed by atoms with Gasteiger partial charge in [-0.2, -0.15) is 4.80 Å². The number of piperidine rings is 1. The first-order chi connectivity index (χ1) is 21.4. The van der Waals surface area contributed by atoms with Crippen molar-refractivity contribution in [1.82, 2.24) is 25.1 Å². The van der Waals surface area contributed by atoms with Gasteiger partial charge in [-0.15, -0.1) is 23.4 Å². The van der Waals surface area contributed by atoms with E-state index in [0.29, 0.717) is 63.4 Å². The van der Waals surface area contributed by atoms with Gasteiger partial charge in [0, 0.05) is 25.6 Å². The standard InChI is InChI=1S/C29H36F3N5O7S/c1-3-42-27(38)28(13-16-36(17-14-28)18-20-41-2)21-45(39,40)25-11-9-23(10-12-25)43-19-4-15-37-34-26(33-35-37)22-5-7-24(8-6-22)44-29(30,31)32/h5-12H,3-4,13-21H2,1-2H3. The van der Waals surface area contributed by atoms with Gasteiger partial charge in [0.15, 0.2) is 9.84 Å². The Kier molecular flexibility index (Phi) is 11.4. The summed E-state index contributed by atoms with van der Waals surface area (Å²) >= 11 is 0. The number of alkyl halides is 3. The summed E-state index contributed by atoms with van der Waals surface area (Å²) in [4.78, 5) is 16.6. The first-order valence-electron chi connectivity index (χ1n) is 14.4. The van der Waals surface area contributed by atoms with Crippen LogP contribution in [0.4, 0.5) is 13.2 Å². The summed E-state index contributed by atoms with van der Waals surface area (Å²) in [7, 11) is -2.19. The summed E-state index contributed by atoms with van der Waals surface area (Å²) in [5, 5.41) is 12.1. The molecule has 3 aromatic rings. The van der Waals surface area contributed by atoms with Crippen molar-refractivity contribution in [3.63, 3.8) is 0 Å². The van der Waals surface area contributed by atoms with Crippen molar-refractivity contribution in [2.24, 2.45) is 5.41 Å². The average Bonchev–Trinajstić information content (AvgIpc) is 3.48. The molecule has 2 aromatic carbocycles. The third kappa shape index (κ3) is 9.61. The van der Waals surface area contributed by atoms with Gasteiger partial charge < -0.3 is 23.8 Å². The summed E-state index contributed by atoms with van der Waals surface area (Å²) in [5.74, 6) is -0.462. The van der Waals surface area contributed by atoms with Crippen LogP contribution in [0.1, 0.15) is 26.2 Å². The van der Waals surface area contributed by atoms with Crippen LogP contribution in [0.2, 0.25) is 0 Å². The fourth-order valence-electron chi connectivity index (χ4n) is 4.96. The van der Waals surface area contributed by atoms with Crippen LogP contribution >= 0.6 is 0 Å². The predicted molar refractivity (Wildman–Crippen MR) is 155 cm³/mol. The molecule has 0 spiro atoms. The van der Waals surface area contributed by atoms with Crippen molar-refractivity contribution in [1.29, 1.82) is 0 Å². The number of esters is 1. The molecule has 4 rings (SSSR count). The Morgan fingerprint density at radius 1 is 0.978 bits per heavy atom. The van der Waals surface area contributed by atoms with E-state index in [9.17, 15) is 26.4 Å². The van der Waals surface area contributed by atoms with Gasteiger partial charge in [-0.05, 0) is 86.6 Å². The second-order valence-electron chi connectivity index (χ2n) is 10.5. The van der Waals surface area contributed by atoms with Crippen LogP contribution in [-0.2, 0) is 30.7 Å². The molecule has 0 aliphatic carbocycles. The Morgan fingerprint density at radius 3 is 2.27 bits per heavy atom. The third-order valence-corrected chi connectivity index (χ3v) is 9.28. The fraction of sp³-hybridized carbons (Fsp3) is 0.517. The van der Waals surface area contributed by atoms with E-state index < -0.39 is 27.6 Å². The SMILES string of the molecule is CCOC(=O)C1(CS(=O)(=O)c2ccc(OCCCn3nnc(-c4ccc(OC(F)(F)F)cc4)n3)cc2)CCN(CCOC)CC1. The van der Waals surface area contributed by atoms with Crippen molar-refractivity contribution in [2.45, 2.75) is 44.0 Å². The van der Waals surface area contributed by atoms with E-state index >= 15 is 0 Å². The van der Waals surface area contributed by atoms with Gasteiger partial charge in [-0.3, -0.25) is 4.79 Å². The molecule has 0 amide bonds. The number of carbonyl (C=O) groups excluding carboxylic acids is 1. The van der Waals surface area contributed by atoms with Gasteiger partial charge in [0.2, 0.25) is 5.82 Å². The first-order valence-corrected chi connectivity index (χ1v) is 16.1. The summed E-state index contributed by atoms with van der Waals surface area (Å²) in [6, 6.07) is 11.2. The summed E-state index contributed by atoms with van der Waals surface area (Å²) < 4.78 is 83.9. The average molecular weight is 656 g/mol. The van der Waals surface area contributed by atoms with Crippen LogP contribution in [0.3, 0.4) is 0 Å². The van der Waals surface area contributed by atoms with Crippen molar-refractivity contribution in [3.05, 3.63) is 48.5 Å². The Morgan fingerprint density at radius 2 is 1.64 bits per heavy atom. The van der Waals surface area contributed by atoms with E-state index in [0.717, 1.165) is 0 Å². The number of nitrogens with zero attached hydrogens (tertiary/aromatic N) is 5. The predicted octanol–water partition coefficient (Wildman–Crippen LogP) is 3.77. The lowest BCUT2D eigenvalue weighted by molar-refractivity contribution is -0.274. The fourth-order valence-corrected chi connectivity index (χ4v) is 6.81. The highest BCUT2D eigenvalue weighted by Gasteiger charge is 2.46. The number of ether oxygens (including phenoxy) is 4. The molecule has 0 atom stereocenters. The normalized spacial score (nSPS) is 15.5. The number of methoxy groups -OCH3 is 1. The number of aryl methyl sites for hydroxylation is 1. The van der Waals surface area contributed by atoms with Crippen LogP contribution in [0, 0.1) is 5.41 Å². The molecule has 0 saturated carbocycles. The Hall–Kier alpha value is -3.76. The molecule has 0 radical (unpaired) electrons. The lowest BCUT2D eigenvalue weighted by atomic mass is 9.80. The maximum absolute atomic E-state index is 13.4. The molecule has 1 aliphatic heterocycles. The van der Waals surface area contributed by atoms with Crippen LogP contribution in [0.5, 0.6) is 11.5 Å². The summed E-state index contributed by atoms with van der Waals surface area (Å²) in [6.45, 7) is 4.92. The van der Waals surface area contributed by atoms with E-state index in [-0.39, 0.29) is 35.4 Å². The number of carbonyl (C=O) groups is 1. The number of hydrogen-bond donors (Lipinski definition) is 0. The summed E-state index contributed by atoms with van der Waals surface area (Å²) in [5.41, 5.74) is -0.642. The number of halogens is 3. The van der Waals surface area contributed by atoms with Crippen molar-refractivity contribution in [3.8, 4) is 22.9 Å². The number of likely N-dealkylation sites (tertiary alicyclic amines) is 1. The van der Waals surface area contributed by atoms with Gasteiger partial charge in [0.25, 0.3) is 0 Å². The summed E-state index contributed by atoms with van der Waals surface area (Å²) in [6.07, 6.45) is -3.53. The molecule has 16 heteroatoms. The zero-order valence-electron chi connectivity index (χ0n) is 25.0. The number of tetrazole rings is 1. The van der Waals surface area contributed by atoms with Crippen molar-refractivity contribution >= 4 is 15.8 Å². The Bertz CT molecular complexity index is 1490. The number of hydrogen-bond acceptors (Lipinski definition) is 11. The Labute approximate surface area is 259 Å². The molecule has 1 aliphatic rings. The zero-order valence-corrected chi connectivity index (χ0v) is 25.8. The monoisotopic (exact) mass is 655 g/mol. The van der Waals surface area contributed by atoms with Crippen LogP contribution < -0.4 is 9.47 Å². The van der Waals surface area contributed by atoms with E-state index in [4.69, 9.17) is 14.2 Å². The molecular weight excluding hydrogens is 619 g/mol. The zero-order chi connectivity index (χ0) is 32.5. The maximum Gasteiger partial charge on any atom is 0.573 e. The molecule has 0 unspecified atom stereocenters. The van der Waals surface area contributed by atoms with E-state index in [1.807, 2.05) is 0 Å². The largest absolute Gasteiger partial charge is 0.573 e. The van der Waals surface area contributed by atoms with Gasteiger partial charge in [0.1, 0.15) is 11.5 Å². The van der Waals surface area contributed by atoms with E-state index in [1.165, 1.54) is 41.2 Å². The second kappa shape index (κ2) is 15.0. The van der Waals surface area contributed by atoms with E-state index in [2.05, 4.69) is 25.0 Å². The number of benzene rings is 2. The van der Waals surface area contributed by atoms with Crippen molar-refractivity contribution in [2.75, 3.05) is 52.3 Å². The minimum Gasteiger partial charge on any atom is -0.494 e. The maximum atomic E-state index is 13.4. The lowest BCUT2D eigenvalue weighted by Crippen LogP contribution is -2.49. The number of aromatic nitrogens is 4. The first kappa shape index (κ1) is 34.1. The molecule has 1 fully saturated rings. The number of sulfone groups is 1. The smallest absolute Gasteiger partial charge is 0.494 e. The highest BCUT2D eigenvalue weighted by Crippen LogP contribution is 2.36. The number of rotatable bonds is 15. The Balaban J connectivity index is 1.28. The quantitative estimate of drug-likeness (QED) is 0.175. The van der Waals surface area contributed by atoms with Gasteiger partial charge in [-0.1, -0.05) is 0 Å². The molecule has 12 nitrogen and oxygen atoms in total. The lowest BCUT2D eigenvalue weighted by Gasteiger charge is -2.39. The highest BCUT2D eigenvalue weighted by atomic mass is 32.2. The molecule has 2 heterocycles. The van der Waals surface area contributed by atoms with Crippen LogP contribution in [0.15, 0.2) is 53.4 Å². The van der Waals surface area contributed by atoms with Crippen LogP contribution in [-0.4, -0.2) is 98.2 Å².